The van der Waals surface area contributed by atoms with Gasteiger partial charge in [0.15, 0.2) is 0 Å². The van der Waals surface area contributed by atoms with Gasteiger partial charge in [-0.3, -0.25) is 4.79 Å². The van der Waals surface area contributed by atoms with Crippen molar-refractivity contribution in [3.63, 3.8) is 0 Å². The standard InChI is InChI=1S/C27H27N3O/c31-27(18-17-23-12-5-2-6-13-23)28-20-19-26-29-24-15-7-8-16-25(24)30(26)21-9-14-22-10-3-1-4-11-22/h1-16H,17-21H2,(H,28,31)/b14-9+. The Labute approximate surface area is 183 Å². The molecule has 0 radical (unpaired) electrons. The number of aromatic nitrogens is 2. The second kappa shape index (κ2) is 10.4. The van der Waals surface area contributed by atoms with Gasteiger partial charge in [0.2, 0.25) is 5.91 Å². The lowest BCUT2D eigenvalue weighted by Crippen LogP contribution is -2.26. The Kier molecular flexibility index (Phi) is 6.91. The van der Waals surface area contributed by atoms with E-state index in [0.29, 0.717) is 19.4 Å². The Bertz CT molecular complexity index is 1150. The minimum absolute atomic E-state index is 0.0792. The molecular formula is C27H27N3O. The van der Waals surface area contributed by atoms with Crippen molar-refractivity contribution in [1.29, 1.82) is 0 Å². The summed E-state index contributed by atoms with van der Waals surface area (Å²) < 4.78 is 2.23. The van der Waals surface area contributed by atoms with Crippen molar-refractivity contribution in [2.24, 2.45) is 0 Å². The molecule has 31 heavy (non-hydrogen) atoms. The molecule has 0 bridgehead atoms. The van der Waals surface area contributed by atoms with Crippen LogP contribution in [0.25, 0.3) is 17.1 Å². The van der Waals surface area contributed by atoms with Crippen LogP contribution in [-0.4, -0.2) is 22.0 Å². The molecule has 1 aromatic heterocycles. The summed E-state index contributed by atoms with van der Waals surface area (Å²) in [6.07, 6.45) is 6.25. The summed E-state index contributed by atoms with van der Waals surface area (Å²) in [5.74, 6) is 1.07. The average molecular weight is 410 g/mol. The highest BCUT2D eigenvalue weighted by atomic mass is 16.1. The predicted octanol–water partition coefficient (Wildman–Crippen LogP) is 5.04. The van der Waals surface area contributed by atoms with Gasteiger partial charge in [0.1, 0.15) is 5.82 Å². The van der Waals surface area contributed by atoms with E-state index in [0.717, 1.165) is 29.8 Å². The maximum absolute atomic E-state index is 12.2. The van der Waals surface area contributed by atoms with Crippen molar-refractivity contribution in [2.75, 3.05) is 6.54 Å². The van der Waals surface area contributed by atoms with Crippen LogP contribution in [-0.2, 0) is 24.2 Å². The number of hydrogen-bond acceptors (Lipinski definition) is 2. The first-order valence-electron chi connectivity index (χ1n) is 10.8. The maximum atomic E-state index is 12.2. The van der Waals surface area contributed by atoms with Crippen LogP contribution in [0.4, 0.5) is 0 Å². The third-order valence-electron chi connectivity index (χ3n) is 5.29. The number of aryl methyl sites for hydroxylation is 1. The topological polar surface area (TPSA) is 46.9 Å². The summed E-state index contributed by atoms with van der Waals surface area (Å²) in [5, 5.41) is 3.04. The number of hydrogen-bond donors (Lipinski definition) is 1. The van der Waals surface area contributed by atoms with Gasteiger partial charge in [0.25, 0.3) is 0 Å². The zero-order valence-corrected chi connectivity index (χ0v) is 17.6. The van der Waals surface area contributed by atoms with Gasteiger partial charge in [-0.25, -0.2) is 4.98 Å². The smallest absolute Gasteiger partial charge is 0.220 e. The number of fused-ring (bicyclic) bond motifs is 1. The van der Waals surface area contributed by atoms with Gasteiger partial charge in [-0.15, -0.1) is 0 Å². The van der Waals surface area contributed by atoms with Crippen molar-refractivity contribution >= 4 is 23.0 Å². The molecule has 1 amide bonds. The SMILES string of the molecule is O=C(CCc1ccccc1)NCCc1nc2ccccc2n1C/C=C/c1ccccc1. The Balaban J connectivity index is 1.37. The minimum atomic E-state index is 0.0792. The number of rotatable bonds is 9. The average Bonchev–Trinajstić information content (AvgIpc) is 3.16. The highest BCUT2D eigenvalue weighted by molar-refractivity contribution is 5.77. The Morgan fingerprint density at radius 3 is 2.39 bits per heavy atom. The molecule has 4 aromatic rings. The van der Waals surface area contributed by atoms with Crippen LogP contribution in [0.2, 0.25) is 0 Å². The van der Waals surface area contributed by atoms with Crippen LogP contribution >= 0.6 is 0 Å². The fraction of sp³-hybridized carbons (Fsp3) is 0.185. The fourth-order valence-corrected chi connectivity index (χ4v) is 3.68. The van der Waals surface area contributed by atoms with Crippen molar-refractivity contribution in [2.45, 2.75) is 25.8 Å². The van der Waals surface area contributed by atoms with E-state index in [1.807, 2.05) is 54.6 Å². The summed E-state index contributed by atoms with van der Waals surface area (Å²) in [6, 6.07) is 28.6. The summed E-state index contributed by atoms with van der Waals surface area (Å²) >= 11 is 0. The summed E-state index contributed by atoms with van der Waals surface area (Å²) in [4.78, 5) is 17.0. The molecule has 156 valence electrons. The van der Waals surface area contributed by atoms with E-state index in [1.54, 1.807) is 0 Å². The third-order valence-corrected chi connectivity index (χ3v) is 5.29. The number of allylic oxidation sites excluding steroid dienone is 1. The second-order valence-corrected chi connectivity index (χ2v) is 7.53. The molecule has 0 fully saturated rings. The van der Waals surface area contributed by atoms with Crippen LogP contribution in [0.5, 0.6) is 0 Å². The Hall–Kier alpha value is -3.66. The van der Waals surface area contributed by atoms with E-state index in [-0.39, 0.29) is 5.91 Å². The molecule has 1 N–H and O–H groups in total. The first-order chi connectivity index (χ1) is 15.3. The lowest BCUT2D eigenvalue weighted by atomic mass is 10.1. The molecule has 3 aromatic carbocycles. The molecule has 0 spiro atoms. The largest absolute Gasteiger partial charge is 0.356 e. The molecule has 0 atom stereocenters. The van der Waals surface area contributed by atoms with E-state index in [4.69, 9.17) is 4.98 Å². The summed E-state index contributed by atoms with van der Waals surface area (Å²) in [5.41, 5.74) is 4.47. The molecule has 0 aliphatic rings. The molecule has 4 nitrogen and oxygen atoms in total. The van der Waals surface area contributed by atoms with Crippen molar-refractivity contribution in [3.05, 3.63) is 108 Å². The van der Waals surface area contributed by atoms with E-state index >= 15 is 0 Å². The minimum Gasteiger partial charge on any atom is -0.356 e. The summed E-state index contributed by atoms with van der Waals surface area (Å²) in [7, 11) is 0. The number of nitrogens with zero attached hydrogens (tertiary/aromatic N) is 2. The second-order valence-electron chi connectivity index (χ2n) is 7.53. The Morgan fingerprint density at radius 1 is 0.871 bits per heavy atom. The molecule has 4 heteroatoms. The molecule has 0 aliphatic heterocycles. The molecule has 4 rings (SSSR count). The first kappa shape index (κ1) is 20.6. The molecule has 1 heterocycles. The van der Waals surface area contributed by atoms with Crippen molar-refractivity contribution < 1.29 is 4.79 Å². The number of imidazole rings is 1. The highest BCUT2D eigenvalue weighted by Gasteiger charge is 2.10. The predicted molar refractivity (Wildman–Crippen MR) is 127 cm³/mol. The number of carbonyl (C=O) groups is 1. The molecule has 0 saturated carbocycles. The van der Waals surface area contributed by atoms with Crippen LogP contribution in [0.15, 0.2) is 91.0 Å². The van der Waals surface area contributed by atoms with Crippen molar-refractivity contribution in [1.82, 2.24) is 14.9 Å². The van der Waals surface area contributed by atoms with Gasteiger partial charge >= 0.3 is 0 Å². The van der Waals surface area contributed by atoms with Gasteiger partial charge in [0, 0.05) is 25.9 Å². The zero-order valence-electron chi connectivity index (χ0n) is 17.6. The van der Waals surface area contributed by atoms with Crippen LogP contribution in [0, 0.1) is 0 Å². The number of nitrogens with one attached hydrogen (secondary N) is 1. The third kappa shape index (κ3) is 5.70. The number of amides is 1. The lowest BCUT2D eigenvalue weighted by molar-refractivity contribution is -0.121. The van der Waals surface area contributed by atoms with Crippen molar-refractivity contribution in [3.8, 4) is 0 Å². The quantitative estimate of drug-likeness (QED) is 0.421. The zero-order chi connectivity index (χ0) is 21.3. The van der Waals surface area contributed by atoms with Crippen LogP contribution < -0.4 is 5.32 Å². The van der Waals surface area contributed by atoms with Gasteiger partial charge in [-0.1, -0.05) is 84.9 Å². The number of benzene rings is 3. The van der Waals surface area contributed by atoms with Crippen LogP contribution in [0.1, 0.15) is 23.4 Å². The lowest BCUT2D eigenvalue weighted by Gasteiger charge is -2.08. The van der Waals surface area contributed by atoms with E-state index in [2.05, 4.69) is 52.4 Å². The van der Waals surface area contributed by atoms with Gasteiger partial charge in [-0.2, -0.15) is 0 Å². The molecule has 0 aliphatic carbocycles. The Morgan fingerprint density at radius 2 is 1.58 bits per heavy atom. The normalized spacial score (nSPS) is 11.2. The van der Waals surface area contributed by atoms with Crippen LogP contribution in [0.3, 0.4) is 0 Å². The van der Waals surface area contributed by atoms with Gasteiger partial charge in [0.05, 0.1) is 11.0 Å². The fourth-order valence-electron chi connectivity index (χ4n) is 3.68. The number of carbonyl (C=O) groups excluding carboxylic acids is 1. The highest BCUT2D eigenvalue weighted by Crippen LogP contribution is 2.17. The molecular weight excluding hydrogens is 382 g/mol. The van der Waals surface area contributed by atoms with Gasteiger partial charge < -0.3 is 9.88 Å². The molecule has 0 unspecified atom stereocenters. The van der Waals surface area contributed by atoms with E-state index in [1.165, 1.54) is 11.1 Å². The van der Waals surface area contributed by atoms with E-state index < -0.39 is 0 Å². The van der Waals surface area contributed by atoms with E-state index in [9.17, 15) is 4.79 Å². The maximum Gasteiger partial charge on any atom is 0.220 e. The van der Waals surface area contributed by atoms with Gasteiger partial charge in [-0.05, 0) is 29.7 Å². The molecule has 0 saturated heterocycles. The monoisotopic (exact) mass is 409 g/mol. The number of para-hydroxylation sites is 2. The first-order valence-corrected chi connectivity index (χ1v) is 10.8. The summed E-state index contributed by atoms with van der Waals surface area (Å²) in [6.45, 7) is 1.33.